The molecule has 0 radical (unpaired) electrons. The Kier molecular flexibility index (Phi) is 3.69. The molecule has 0 bridgehead atoms. The lowest BCUT2D eigenvalue weighted by Crippen LogP contribution is -2.06. The van der Waals surface area contributed by atoms with Gasteiger partial charge in [-0.25, -0.2) is 4.68 Å². The van der Waals surface area contributed by atoms with Crippen LogP contribution < -0.4 is 0 Å². The normalized spacial score (nSPS) is 10.9. The van der Waals surface area contributed by atoms with Crippen LogP contribution in [0, 0.1) is 6.92 Å². The van der Waals surface area contributed by atoms with E-state index in [2.05, 4.69) is 25.0 Å². The molecule has 1 N–H and O–H groups in total. The van der Waals surface area contributed by atoms with E-state index >= 15 is 0 Å². The third-order valence-corrected chi connectivity index (χ3v) is 3.24. The molecule has 100 valence electrons. The Labute approximate surface area is 112 Å². The van der Waals surface area contributed by atoms with Gasteiger partial charge in [-0.05, 0) is 24.5 Å². The Morgan fingerprint density at radius 1 is 1.37 bits per heavy atom. The van der Waals surface area contributed by atoms with Crippen molar-refractivity contribution in [3.05, 3.63) is 47.3 Å². The summed E-state index contributed by atoms with van der Waals surface area (Å²) in [5.41, 5.74) is 3.86. The SMILES string of the molecule is Cc1c(CC(=O)O)cnn1-c1ccccc1C(C)C. The minimum Gasteiger partial charge on any atom is -0.481 e. The quantitative estimate of drug-likeness (QED) is 0.917. The summed E-state index contributed by atoms with van der Waals surface area (Å²) in [6.07, 6.45) is 1.65. The van der Waals surface area contributed by atoms with Crippen LogP contribution in [-0.4, -0.2) is 20.9 Å². The van der Waals surface area contributed by atoms with Crippen molar-refractivity contribution in [2.75, 3.05) is 0 Å². The molecule has 1 aromatic carbocycles. The van der Waals surface area contributed by atoms with Crippen molar-refractivity contribution >= 4 is 5.97 Å². The van der Waals surface area contributed by atoms with Crippen LogP contribution in [-0.2, 0) is 11.2 Å². The van der Waals surface area contributed by atoms with E-state index in [1.165, 1.54) is 5.56 Å². The fraction of sp³-hybridized carbons (Fsp3) is 0.333. The van der Waals surface area contributed by atoms with Crippen molar-refractivity contribution in [1.29, 1.82) is 0 Å². The first kappa shape index (κ1) is 13.3. The van der Waals surface area contributed by atoms with Gasteiger partial charge in [-0.3, -0.25) is 4.79 Å². The van der Waals surface area contributed by atoms with Crippen molar-refractivity contribution in [2.24, 2.45) is 0 Å². The van der Waals surface area contributed by atoms with E-state index in [-0.39, 0.29) is 6.42 Å². The maximum Gasteiger partial charge on any atom is 0.307 e. The van der Waals surface area contributed by atoms with E-state index in [0.717, 1.165) is 16.9 Å². The second kappa shape index (κ2) is 5.26. The molecule has 4 nitrogen and oxygen atoms in total. The number of hydrogen-bond donors (Lipinski definition) is 1. The standard InChI is InChI=1S/C15H18N2O2/c1-10(2)13-6-4-5-7-14(13)17-11(3)12(9-16-17)8-15(18)19/h4-7,9-10H,8H2,1-3H3,(H,18,19). The average Bonchev–Trinajstić information content (AvgIpc) is 2.70. The van der Waals surface area contributed by atoms with E-state index in [4.69, 9.17) is 5.11 Å². The fourth-order valence-corrected chi connectivity index (χ4v) is 2.19. The van der Waals surface area contributed by atoms with Crippen LogP contribution >= 0.6 is 0 Å². The Balaban J connectivity index is 2.48. The van der Waals surface area contributed by atoms with Gasteiger partial charge < -0.3 is 5.11 Å². The minimum atomic E-state index is -0.834. The molecule has 0 spiro atoms. The first-order chi connectivity index (χ1) is 9.00. The highest BCUT2D eigenvalue weighted by Gasteiger charge is 2.14. The van der Waals surface area contributed by atoms with E-state index in [9.17, 15) is 4.79 Å². The molecule has 2 aromatic rings. The smallest absolute Gasteiger partial charge is 0.307 e. The molecule has 4 heteroatoms. The highest BCUT2D eigenvalue weighted by Crippen LogP contribution is 2.24. The highest BCUT2D eigenvalue weighted by atomic mass is 16.4. The summed E-state index contributed by atoms with van der Waals surface area (Å²) in [6.45, 7) is 6.17. The average molecular weight is 258 g/mol. The Morgan fingerprint density at radius 3 is 2.68 bits per heavy atom. The second-order valence-electron chi connectivity index (χ2n) is 4.95. The molecule has 19 heavy (non-hydrogen) atoms. The Morgan fingerprint density at radius 2 is 2.05 bits per heavy atom. The molecule has 0 aliphatic carbocycles. The van der Waals surface area contributed by atoms with Gasteiger partial charge in [-0.15, -0.1) is 0 Å². The monoisotopic (exact) mass is 258 g/mol. The number of carboxylic acids is 1. The molecule has 0 atom stereocenters. The zero-order valence-corrected chi connectivity index (χ0v) is 11.4. The van der Waals surface area contributed by atoms with Crippen LogP contribution in [0.4, 0.5) is 0 Å². The number of aromatic nitrogens is 2. The van der Waals surface area contributed by atoms with Gasteiger partial charge in [0.2, 0.25) is 0 Å². The molecule has 0 unspecified atom stereocenters. The van der Waals surface area contributed by atoms with Crippen molar-refractivity contribution in [3.8, 4) is 5.69 Å². The van der Waals surface area contributed by atoms with Gasteiger partial charge >= 0.3 is 5.97 Å². The van der Waals surface area contributed by atoms with Crippen LogP contribution in [0.3, 0.4) is 0 Å². The summed E-state index contributed by atoms with van der Waals surface area (Å²) in [7, 11) is 0. The number of rotatable bonds is 4. The molecule has 2 rings (SSSR count). The number of carboxylic acid groups (broad SMARTS) is 1. The van der Waals surface area contributed by atoms with E-state index < -0.39 is 5.97 Å². The molecular formula is C15H18N2O2. The molecule has 0 saturated carbocycles. The van der Waals surface area contributed by atoms with Gasteiger partial charge in [0, 0.05) is 11.3 Å². The first-order valence-electron chi connectivity index (χ1n) is 6.35. The van der Waals surface area contributed by atoms with Gasteiger partial charge in [-0.2, -0.15) is 5.10 Å². The predicted molar refractivity (Wildman–Crippen MR) is 73.7 cm³/mol. The topological polar surface area (TPSA) is 55.1 Å². The number of para-hydroxylation sites is 1. The van der Waals surface area contributed by atoms with Gasteiger partial charge in [0.25, 0.3) is 0 Å². The molecular weight excluding hydrogens is 240 g/mol. The summed E-state index contributed by atoms with van der Waals surface area (Å²) in [6, 6.07) is 8.08. The summed E-state index contributed by atoms with van der Waals surface area (Å²) in [5.74, 6) is -0.442. The fourth-order valence-electron chi connectivity index (χ4n) is 2.19. The number of hydrogen-bond acceptors (Lipinski definition) is 2. The zero-order chi connectivity index (χ0) is 14.0. The number of benzene rings is 1. The molecule has 0 aliphatic heterocycles. The van der Waals surface area contributed by atoms with Crippen LogP contribution in [0.25, 0.3) is 5.69 Å². The van der Waals surface area contributed by atoms with Crippen molar-refractivity contribution in [2.45, 2.75) is 33.1 Å². The Bertz CT molecular complexity index is 600. The van der Waals surface area contributed by atoms with Crippen LogP contribution in [0.5, 0.6) is 0 Å². The van der Waals surface area contributed by atoms with Gasteiger partial charge in [0.05, 0.1) is 18.3 Å². The van der Waals surface area contributed by atoms with Gasteiger partial charge in [0.1, 0.15) is 0 Å². The molecule has 1 heterocycles. The van der Waals surface area contributed by atoms with E-state index in [1.54, 1.807) is 6.20 Å². The zero-order valence-electron chi connectivity index (χ0n) is 11.4. The number of aliphatic carboxylic acids is 1. The van der Waals surface area contributed by atoms with Crippen molar-refractivity contribution in [1.82, 2.24) is 9.78 Å². The summed E-state index contributed by atoms with van der Waals surface area (Å²) >= 11 is 0. The molecule has 0 fully saturated rings. The first-order valence-corrected chi connectivity index (χ1v) is 6.35. The largest absolute Gasteiger partial charge is 0.481 e. The lowest BCUT2D eigenvalue weighted by molar-refractivity contribution is -0.136. The lowest BCUT2D eigenvalue weighted by Gasteiger charge is -2.14. The van der Waals surface area contributed by atoms with Crippen LogP contribution in [0.15, 0.2) is 30.5 Å². The molecule has 1 aromatic heterocycles. The highest BCUT2D eigenvalue weighted by molar-refractivity contribution is 5.70. The van der Waals surface area contributed by atoms with Crippen LogP contribution in [0.1, 0.15) is 36.6 Å². The summed E-state index contributed by atoms with van der Waals surface area (Å²) < 4.78 is 1.83. The lowest BCUT2D eigenvalue weighted by atomic mass is 10.0. The molecule has 0 amide bonds. The third kappa shape index (κ3) is 2.67. The maximum atomic E-state index is 10.8. The van der Waals surface area contributed by atoms with Gasteiger partial charge in [0.15, 0.2) is 0 Å². The number of nitrogens with zero attached hydrogens (tertiary/aromatic N) is 2. The number of carbonyl (C=O) groups is 1. The minimum absolute atomic E-state index is 0.00960. The van der Waals surface area contributed by atoms with E-state index in [0.29, 0.717) is 5.92 Å². The van der Waals surface area contributed by atoms with E-state index in [1.807, 2.05) is 29.8 Å². The maximum absolute atomic E-state index is 10.8. The molecule has 0 aliphatic rings. The van der Waals surface area contributed by atoms with Gasteiger partial charge in [-0.1, -0.05) is 32.0 Å². The predicted octanol–water partition coefficient (Wildman–Crippen LogP) is 2.93. The molecule has 0 saturated heterocycles. The Hall–Kier alpha value is -2.10. The van der Waals surface area contributed by atoms with Crippen molar-refractivity contribution < 1.29 is 9.90 Å². The van der Waals surface area contributed by atoms with Crippen LogP contribution in [0.2, 0.25) is 0 Å². The van der Waals surface area contributed by atoms with Crippen molar-refractivity contribution in [3.63, 3.8) is 0 Å². The third-order valence-electron chi connectivity index (χ3n) is 3.24. The summed E-state index contributed by atoms with van der Waals surface area (Å²) in [4.78, 5) is 10.8. The summed E-state index contributed by atoms with van der Waals surface area (Å²) in [5, 5.41) is 13.2. The second-order valence-corrected chi connectivity index (χ2v) is 4.95.